The van der Waals surface area contributed by atoms with Crippen LogP contribution < -0.4 is 5.56 Å². The molecule has 2 rings (SSSR count). The maximum Gasteiger partial charge on any atom is 0.345 e. The fourth-order valence-corrected chi connectivity index (χ4v) is 2.31. The van der Waals surface area contributed by atoms with Crippen molar-refractivity contribution >= 4 is 11.9 Å². The van der Waals surface area contributed by atoms with Gasteiger partial charge in [0, 0.05) is 11.8 Å². The second-order valence-electron chi connectivity index (χ2n) is 6.56. The van der Waals surface area contributed by atoms with Crippen molar-refractivity contribution in [2.24, 2.45) is 0 Å². The summed E-state index contributed by atoms with van der Waals surface area (Å²) in [4.78, 5) is 41.2. The Labute approximate surface area is 151 Å². The minimum absolute atomic E-state index is 0.130. The van der Waals surface area contributed by atoms with Crippen LogP contribution in [0.2, 0.25) is 0 Å². The zero-order valence-corrected chi connectivity index (χ0v) is 15.3. The Morgan fingerprint density at radius 1 is 1.15 bits per heavy atom. The summed E-state index contributed by atoms with van der Waals surface area (Å²) in [6, 6.07) is 8.93. The van der Waals surface area contributed by atoms with Gasteiger partial charge in [-0.15, -0.1) is 0 Å². The first-order valence-corrected chi connectivity index (χ1v) is 8.27. The Morgan fingerprint density at radius 3 is 2.38 bits per heavy atom. The number of benzene rings is 1. The van der Waals surface area contributed by atoms with E-state index in [1.165, 1.54) is 6.20 Å². The zero-order valence-electron chi connectivity index (χ0n) is 15.3. The van der Waals surface area contributed by atoms with Gasteiger partial charge in [0.2, 0.25) is 0 Å². The van der Waals surface area contributed by atoms with Crippen LogP contribution in [-0.4, -0.2) is 33.7 Å². The van der Waals surface area contributed by atoms with Crippen molar-refractivity contribution in [1.29, 1.82) is 0 Å². The lowest BCUT2D eigenvalue weighted by Crippen LogP contribution is -2.34. The van der Waals surface area contributed by atoms with E-state index in [2.05, 4.69) is 4.98 Å². The molecule has 0 aliphatic heterocycles. The predicted molar refractivity (Wildman–Crippen MR) is 95.7 cm³/mol. The van der Waals surface area contributed by atoms with Crippen molar-refractivity contribution in [1.82, 2.24) is 9.55 Å². The summed E-state index contributed by atoms with van der Waals surface area (Å²) >= 11 is 0. The van der Waals surface area contributed by atoms with Gasteiger partial charge in [-0.1, -0.05) is 30.3 Å². The van der Waals surface area contributed by atoms with E-state index in [4.69, 9.17) is 9.47 Å². The SMILES string of the molecule is CCOC(=O)c1cnc(-c2ccccc2)n(CC(=O)OC(C)(C)C)c1=O. The number of hydrogen-bond donors (Lipinski definition) is 0. The highest BCUT2D eigenvalue weighted by molar-refractivity contribution is 5.89. The standard InChI is InChI=1S/C19H22N2O5/c1-5-25-18(24)14-11-20-16(13-9-7-6-8-10-13)21(17(14)23)12-15(22)26-19(2,3)4/h6-11H,5,12H2,1-4H3. The number of hydrogen-bond acceptors (Lipinski definition) is 6. The van der Waals surface area contributed by atoms with E-state index >= 15 is 0 Å². The molecule has 7 heteroatoms. The Morgan fingerprint density at radius 2 is 1.81 bits per heavy atom. The summed E-state index contributed by atoms with van der Waals surface area (Å²) in [5, 5.41) is 0. The van der Waals surface area contributed by atoms with Crippen LogP contribution in [0.1, 0.15) is 38.1 Å². The van der Waals surface area contributed by atoms with Crippen LogP contribution in [0, 0.1) is 0 Å². The van der Waals surface area contributed by atoms with Crippen LogP contribution in [0.15, 0.2) is 41.3 Å². The lowest BCUT2D eigenvalue weighted by molar-refractivity contribution is -0.155. The molecule has 1 heterocycles. The van der Waals surface area contributed by atoms with Crippen molar-refractivity contribution in [3.05, 3.63) is 52.4 Å². The molecule has 138 valence electrons. The molecule has 0 atom stereocenters. The van der Waals surface area contributed by atoms with Gasteiger partial charge in [0.05, 0.1) is 6.61 Å². The summed E-state index contributed by atoms with van der Waals surface area (Å²) in [5.74, 6) is -1.10. The third-order valence-electron chi connectivity index (χ3n) is 3.28. The minimum Gasteiger partial charge on any atom is -0.462 e. The average Bonchev–Trinajstić information content (AvgIpc) is 2.56. The molecule has 1 aromatic carbocycles. The monoisotopic (exact) mass is 358 g/mol. The molecule has 26 heavy (non-hydrogen) atoms. The first kappa shape index (κ1) is 19.4. The number of carbonyl (C=O) groups excluding carboxylic acids is 2. The van der Waals surface area contributed by atoms with Crippen LogP contribution >= 0.6 is 0 Å². The van der Waals surface area contributed by atoms with Crippen molar-refractivity contribution in [3.63, 3.8) is 0 Å². The third-order valence-corrected chi connectivity index (χ3v) is 3.28. The summed E-state index contributed by atoms with van der Waals surface area (Å²) in [6.45, 7) is 6.62. The van der Waals surface area contributed by atoms with Gasteiger partial charge in [-0.3, -0.25) is 14.2 Å². The minimum atomic E-state index is -0.775. The summed E-state index contributed by atoms with van der Waals surface area (Å²) in [5.41, 5.74) is -0.929. The van der Waals surface area contributed by atoms with E-state index in [9.17, 15) is 14.4 Å². The van der Waals surface area contributed by atoms with Gasteiger partial charge < -0.3 is 9.47 Å². The fourth-order valence-electron chi connectivity index (χ4n) is 2.31. The molecule has 0 saturated carbocycles. The van der Waals surface area contributed by atoms with Crippen molar-refractivity contribution in [2.75, 3.05) is 6.61 Å². The first-order chi connectivity index (χ1) is 12.2. The van der Waals surface area contributed by atoms with Gasteiger partial charge >= 0.3 is 11.9 Å². The number of nitrogens with zero attached hydrogens (tertiary/aromatic N) is 2. The molecule has 0 radical (unpaired) electrons. The molecular formula is C19H22N2O5. The highest BCUT2D eigenvalue weighted by atomic mass is 16.6. The molecule has 0 aliphatic carbocycles. The molecule has 0 aliphatic rings. The van der Waals surface area contributed by atoms with Gasteiger partial charge in [0.15, 0.2) is 0 Å². The number of esters is 2. The van der Waals surface area contributed by atoms with Gasteiger partial charge in [-0.05, 0) is 27.7 Å². The number of ether oxygens (including phenoxy) is 2. The maximum atomic E-state index is 12.8. The number of rotatable bonds is 5. The highest BCUT2D eigenvalue weighted by Gasteiger charge is 2.22. The van der Waals surface area contributed by atoms with Gasteiger partial charge in [-0.2, -0.15) is 0 Å². The molecule has 0 unspecified atom stereocenters. The Kier molecular flexibility index (Phi) is 5.92. The Balaban J connectivity index is 2.52. The maximum absolute atomic E-state index is 12.8. The molecule has 0 N–H and O–H groups in total. The predicted octanol–water partition coefficient (Wildman–Crippen LogP) is 2.43. The third kappa shape index (κ3) is 4.78. The van der Waals surface area contributed by atoms with Crippen LogP contribution in [-0.2, 0) is 20.8 Å². The van der Waals surface area contributed by atoms with Crippen LogP contribution in [0.5, 0.6) is 0 Å². The largest absolute Gasteiger partial charge is 0.462 e. The van der Waals surface area contributed by atoms with Gasteiger partial charge in [0.1, 0.15) is 23.5 Å². The van der Waals surface area contributed by atoms with Crippen molar-refractivity contribution in [3.8, 4) is 11.4 Å². The topological polar surface area (TPSA) is 87.5 Å². The molecular weight excluding hydrogens is 336 g/mol. The molecule has 1 aromatic heterocycles. The van der Waals surface area contributed by atoms with E-state index in [-0.39, 0.29) is 24.5 Å². The van der Waals surface area contributed by atoms with Crippen LogP contribution in [0.25, 0.3) is 11.4 Å². The highest BCUT2D eigenvalue weighted by Crippen LogP contribution is 2.16. The molecule has 7 nitrogen and oxygen atoms in total. The summed E-state index contributed by atoms with van der Waals surface area (Å²) in [6.07, 6.45) is 1.17. The van der Waals surface area contributed by atoms with Gasteiger partial charge in [0.25, 0.3) is 5.56 Å². The lowest BCUT2D eigenvalue weighted by atomic mass is 10.2. The molecule has 0 amide bonds. The van der Waals surface area contributed by atoms with E-state index < -0.39 is 23.1 Å². The van der Waals surface area contributed by atoms with Crippen molar-refractivity contribution in [2.45, 2.75) is 39.8 Å². The van der Waals surface area contributed by atoms with E-state index in [1.54, 1.807) is 52.0 Å². The summed E-state index contributed by atoms with van der Waals surface area (Å²) in [7, 11) is 0. The van der Waals surface area contributed by atoms with Gasteiger partial charge in [-0.25, -0.2) is 9.78 Å². The summed E-state index contributed by atoms with van der Waals surface area (Å²) < 4.78 is 11.3. The first-order valence-electron chi connectivity index (χ1n) is 8.27. The number of carbonyl (C=O) groups is 2. The second kappa shape index (κ2) is 7.95. The fraction of sp³-hybridized carbons (Fsp3) is 0.368. The molecule has 2 aromatic rings. The number of aromatic nitrogens is 2. The Hall–Kier alpha value is -2.96. The van der Waals surface area contributed by atoms with E-state index in [1.807, 2.05) is 6.07 Å². The van der Waals surface area contributed by atoms with Crippen LogP contribution in [0.3, 0.4) is 0 Å². The van der Waals surface area contributed by atoms with E-state index in [0.717, 1.165) is 4.57 Å². The smallest absolute Gasteiger partial charge is 0.345 e. The quantitative estimate of drug-likeness (QED) is 0.763. The second-order valence-corrected chi connectivity index (χ2v) is 6.56. The molecule has 0 spiro atoms. The zero-order chi connectivity index (χ0) is 19.3. The molecule has 0 saturated heterocycles. The van der Waals surface area contributed by atoms with Crippen molar-refractivity contribution < 1.29 is 19.1 Å². The molecule has 0 fully saturated rings. The van der Waals surface area contributed by atoms with E-state index in [0.29, 0.717) is 5.56 Å². The average molecular weight is 358 g/mol. The Bertz CT molecular complexity index is 850. The lowest BCUT2D eigenvalue weighted by Gasteiger charge is -2.20. The normalized spacial score (nSPS) is 11.1. The van der Waals surface area contributed by atoms with Crippen LogP contribution in [0.4, 0.5) is 0 Å². The molecule has 0 bridgehead atoms.